The van der Waals surface area contributed by atoms with Gasteiger partial charge in [0.15, 0.2) is 0 Å². The van der Waals surface area contributed by atoms with Gasteiger partial charge in [-0.3, -0.25) is 0 Å². The standard InChI is InChI=1S/C13H18N2O2S2/c1-18-13(4-5-13)9-15-19(16,17)12-3-2-10-7-14-8-11(10)6-12/h2-3,6,14-15H,4-5,7-9H2,1H3. The van der Waals surface area contributed by atoms with Gasteiger partial charge >= 0.3 is 0 Å². The second-order valence-corrected chi connectivity index (χ2v) is 8.29. The molecule has 3 rings (SSSR count). The van der Waals surface area contributed by atoms with Crippen molar-refractivity contribution in [1.82, 2.24) is 10.0 Å². The van der Waals surface area contributed by atoms with Crippen molar-refractivity contribution in [3.8, 4) is 0 Å². The number of fused-ring (bicyclic) bond motifs is 1. The summed E-state index contributed by atoms with van der Waals surface area (Å²) in [5.74, 6) is 0. The first-order valence-corrected chi connectivity index (χ1v) is 9.13. The Labute approximate surface area is 118 Å². The molecule has 1 heterocycles. The molecular weight excluding hydrogens is 280 g/mol. The van der Waals surface area contributed by atoms with E-state index in [2.05, 4.69) is 10.0 Å². The molecular formula is C13H18N2O2S2. The van der Waals surface area contributed by atoms with E-state index < -0.39 is 10.0 Å². The second kappa shape index (κ2) is 4.77. The van der Waals surface area contributed by atoms with Gasteiger partial charge in [-0.1, -0.05) is 6.07 Å². The molecule has 0 radical (unpaired) electrons. The topological polar surface area (TPSA) is 58.2 Å². The van der Waals surface area contributed by atoms with Gasteiger partial charge in [-0.15, -0.1) is 0 Å². The van der Waals surface area contributed by atoms with E-state index in [-0.39, 0.29) is 4.75 Å². The van der Waals surface area contributed by atoms with Gasteiger partial charge in [0, 0.05) is 24.4 Å². The van der Waals surface area contributed by atoms with Gasteiger partial charge in [-0.05, 0) is 42.4 Å². The Hall–Kier alpha value is -0.560. The first-order chi connectivity index (χ1) is 9.05. The first kappa shape index (κ1) is 13.4. The van der Waals surface area contributed by atoms with E-state index in [1.165, 1.54) is 5.56 Å². The van der Waals surface area contributed by atoms with E-state index in [4.69, 9.17) is 0 Å². The molecule has 1 aliphatic carbocycles. The third kappa shape index (κ3) is 2.67. The average molecular weight is 298 g/mol. The lowest BCUT2D eigenvalue weighted by Crippen LogP contribution is -2.31. The molecule has 1 fully saturated rings. The Morgan fingerprint density at radius 2 is 2.05 bits per heavy atom. The average Bonchev–Trinajstić information content (AvgIpc) is 3.05. The summed E-state index contributed by atoms with van der Waals surface area (Å²) < 4.78 is 27.5. The summed E-state index contributed by atoms with van der Waals surface area (Å²) in [4.78, 5) is 0.381. The lowest BCUT2D eigenvalue weighted by Gasteiger charge is -2.14. The van der Waals surface area contributed by atoms with Gasteiger partial charge < -0.3 is 5.32 Å². The van der Waals surface area contributed by atoms with Crippen LogP contribution in [0.4, 0.5) is 0 Å². The SMILES string of the molecule is CSC1(CNS(=O)(=O)c2ccc3c(c2)CNC3)CC1. The molecule has 0 amide bonds. The van der Waals surface area contributed by atoms with E-state index in [0.717, 1.165) is 31.5 Å². The minimum atomic E-state index is -3.38. The van der Waals surface area contributed by atoms with Crippen LogP contribution in [0.3, 0.4) is 0 Å². The van der Waals surface area contributed by atoms with E-state index >= 15 is 0 Å². The third-order valence-corrected chi connectivity index (χ3v) is 6.76. The number of sulfonamides is 1. The van der Waals surface area contributed by atoms with Crippen LogP contribution in [-0.2, 0) is 23.1 Å². The van der Waals surface area contributed by atoms with Gasteiger partial charge in [0.1, 0.15) is 0 Å². The van der Waals surface area contributed by atoms with Crippen molar-refractivity contribution in [1.29, 1.82) is 0 Å². The molecule has 2 N–H and O–H groups in total. The summed E-state index contributed by atoms with van der Waals surface area (Å²) in [5, 5.41) is 3.22. The molecule has 1 saturated carbocycles. The van der Waals surface area contributed by atoms with Crippen molar-refractivity contribution >= 4 is 21.8 Å². The van der Waals surface area contributed by atoms with Crippen LogP contribution in [0.25, 0.3) is 0 Å². The predicted octanol–water partition coefficient (Wildman–Crippen LogP) is 1.46. The summed E-state index contributed by atoms with van der Waals surface area (Å²) in [6.07, 6.45) is 4.25. The quantitative estimate of drug-likeness (QED) is 0.864. The molecule has 104 valence electrons. The summed E-state index contributed by atoms with van der Waals surface area (Å²) in [5.41, 5.74) is 2.29. The molecule has 0 saturated heterocycles. The molecule has 0 atom stereocenters. The highest BCUT2D eigenvalue weighted by molar-refractivity contribution is 8.00. The Bertz CT molecular complexity index is 595. The van der Waals surface area contributed by atoms with Crippen LogP contribution < -0.4 is 10.0 Å². The maximum Gasteiger partial charge on any atom is 0.240 e. The fourth-order valence-corrected chi connectivity index (χ4v) is 4.34. The first-order valence-electron chi connectivity index (χ1n) is 6.42. The lowest BCUT2D eigenvalue weighted by molar-refractivity contribution is 0.579. The molecule has 1 aromatic rings. The second-order valence-electron chi connectivity index (χ2n) is 5.25. The molecule has 1 aliphatic heterocycles. The smallest absolute Gasteiger partial charge is 0.240 e. The number of thioether (sulfide) groups is 1. The van der Waals surface area contributed by atoms with Crippen LogP contribution in [0, 0.1) is 0 Å². The molecule has 0 bridgehead atoms. The molecule has 4 nitrogen and oxygen atoms in total. The predicted molar refractivity (Wildman–Crippen MR) is 77.7 cm³/mol. The molecule has 1 aromatic carbocycles. The Balaban J connectivity index is 1.76. The van der Waals surface area contributed by atoms with E-state index in [1.54, 1.807) is 23.9 Å². The number of hydrogen-bond acceptors (Lipinski definition) is 4. The van der Waals surface area contributed by atoms with Gasteiger partial charge in [0.2, 0.25) is 10.0 Å². The van der Waals surface area contributed by atoms with Crippen molar-refractivity contribution in [3.05, 3.63) is 29.3 Å². The summed E-state index contributed by atoms with van der Waals surface area (Å²) in [7, 11) is -3.38. The van der Waals surface area contributed by atoms with Gasteiger partial charge in [-0.25, -0.2) is 13.1 Å². The number of nitrogens with one attached hydrogen (secondary N) is 2. The normalized spacial score (nSPS) is 20.3. The Kier molecular flexibility index (Phi) is 3.37. The minimum absolute atomic E-state index is 0.144. The lowest BCUT2D eigenvalue weighted by atomic mass is 10.1. The summed E-state index contributed by atoms with van der Waals surface area (Å²) >= 11 is 1.76. The zero-order valence-corrected chi connectivity index (χ0v) is 12.5. The van der Waals surface area contributed by atoms with E-state index in [9.17, 15) is 8.42 Å². The van der Waals surface area contributed by atoms with Crippen LogP contribution in [-0.4, -0.2) is 26.0 Å². The Morgan fingerprint density at radius 1 is 1.32 bits per heavy atom. The molecule has 0 unspecified atom stereocenters. The fourth-order valence-electron chi connectivity index (χ4n) is 2.34. The van der Waals surface area contributed by atoms with Gasteiger partial charge in [-0.2, -0.15) is 11.8 Å². The van der Waals surface area contributed by atoms with Crippen LogP contribution in [0.5, 0.6) is 0 Å². The van der Waals surface area contributed by atoms with E-state index in [0.29, 0.717) is 11.4 Å². The summed E-state index contributed by atoms with van der Waals surface area (Å²) in [6, 6.07) is 5.40. The number of benzene rings is 1. The van der Waals surface area contributed by atoms with E-state index in [1.807, 2.05) is 12.3 Å². The molecule has 0 spiro atoms. The molecule has 6 heteroatoms. The van der Waals surface area contributed by atoms with Crippen LogP contribution in [0.2, 0.25) is 0 Å². The fraction of sp³-hybridized carbons (Fsp3) is 0.538. The summed E-state index contributed by atoms with van der Waals surface area (Å²) in [6.45, 7) is 2.12. The molecule has 19 heavy (non-hydrogen) atoms. The van der Waals surface area contributed by atoms with Gasteiger partial charge in [0.25, 0.3) is 0 Å². The van der Waals surface area contributed by atoms with Crippen molar-refractivity contribution in [3.63, 3.8) is 0 Å². The maximum absolute atomic E-state index is 12.3. The highest BCUT2D eigenvalue weighted by Crippen LogP contribution is 2.46. The van der Waals surface area contributed by atoms with Crippen molar-refractivity contribution in [2.24, 2.45) is 0 Å². The highest BCUT2D eigenvalue weighted by atomic mass is 32.2. The molecule has 2 aliphatic rings. The minimum Gasteiger partial charge on any atom is -0.309 e. The largest absolute Gasteiger partial charge is 0.309 e. The maximum atomic E-state index is 12.3. The Morgan fingerprint density at radius 3 is 2.74 bits per heavy atom. The highest BCUT2D eigenvalue weighted by Gasteiger charge is 2.42. The third-order valence-electron chi connectivity index (χ3n) is 3.94. The monoisotopic (exact) mass is 298 g/mol. The number of rotatable bonds is 5. The zero-order chi connectivity index (χ0) is 13.5. The molecule has 0 aromatic heterocycles. The van der Waals surface area contributed by atoms with Gasteiger partial charge in [0.05, 0.1) is 4.90 Å². The number of hydrogen-bond donors (Lipinski definition) is 2. The van der Waals surface area contributed by atoms with Crippen molar-refractivity contribution in [2.45, 2.75) is 35.6 Å². The van der Waals surface area contributed by atoms with Crippen molar-refractivity contribution in [2.75, 3.05) is 12.8 Å². The van der Waals surface area contributed by atoms with Crippen LogP contribution >= 0.6 is 11.8 Å². The van der Waals surface area contributed by atoms with Crippen LogP contribution in [0.15, 0.2) is 23.1 Å². The van der Waals surface area contributed by atoms with Crippen molar-refractivity contribution < 1.29 is 8.42 Å². The van der Waals surface area contributed by atoms with Crippen LogP contribution in [0.1, 0.15) is 24.0 Å². The zero-order valence-electron chi connectivity index (χ0n) is 10.9.